The van der Waals surface area contributed by atoms with Crippen LogP contribution in [0.2, 0.25) is 0 Å². The van der Waals surface area contributed by atoms with Crippen LogP contribution in [0, 0.1) is 0 Å². The van der Waals surface area contributed by atoms with Crippen LogP contribution in [0.5, 0.6) is 5.75 Å². The molecule has 0 spiro atoms. The van der Waals surface area contributed by atoms with Crippen LogP contribution in [0.15, 0.2) is 48.8 Å². The number of pyridine rings is 1. The van der Waals surface area contributed by atoms with Crippen LogP contribution in [0.25, 0.3) is 0 Å². The summed E-state index contributed by atoms with van der Waals surface area (Å²) in [5.41, 5.74) is 2.61. The molecule has 3 nitrogen and oxygen atoms in total. The van der Waals surface area contributed by atoms with Gasteiger partial charge in [-0.3, -0.25) is 4.98 Å². The molecule has 1 aromatic carbocycles. The molecule has 0 amide bonds. The van der Waals surface area contributed by atoms with Crippen molar-refractivity contribution in [3.63, 3.8) is 0 Å². The maximum atomic E-state index is 5.27. The van der Waals surface area contributed by atoms with E-state index in [9.17, 15) is 0 Å². The Morgan fingerprint density at radius 2 is 2.05 bits per heavy atom. The topological polar surface area (TPSA) is 34.1 Å². The third-order valence-electron chi connectivity index (χ3n) is 3.99. The molecular formula is C18H22N2O. The zero-order chi connectivity index (χ0) is 14.5. The average Bonchev–Trinajstić information content (AvgIpc) is 3.37. The van der Waals surface area contributed by atoms with Gasteiger partial charge in [-0.2, -0.15) is 0 Å². The molecule has 2 aromatic rings. The zero-order valence-corrected chi connectivity index (χ0v) is 12.5. The molecule has 0 bridgehead atoms. The van der Waals surface area contributed by atoms with Crippen molar-refractivity contribution in [3.05, 3.63) is 59.9 Å². The van der Waals surface area contributed by atoms with Crippen LogP contribution < -0.4 is 10.1 Å². The van der Waals surface area contributed by atoms with Gasteiger partial charge in [0, 0.05) is 24.7 Å². The molecule has 1 heterocycles. The van der Waals surface area contributed by atoms with E-state index in [0.717, 1.165) is 24.8 Å². The van der Waals surface area contributed by atoms with Crippen LogP contribution in [0.4, 0.5) is 0 Å². The van der Waals surface area contributed by atoms with E-state index in [1.807, 2.05) is 6.20 Å². The van der Waals surface area contributed by atoms with Gasteiger partial charge in [0.15, 0.2) is 0 Å². The minimum absolute atomic E-state index is 0.473. The predicted molar refractivity (Wildman–Crippen MR) is 84.7 cm³/mol. The highest BCUT2D eigenvalue weighted by Gasteiger charge is 2.22. The fourth-order valence-corrected chi connectivity index (χ4v) is 2.60. The summed E-state index contributed by atoms with van der Waals surface area (Å²) >= 11 is 0. The normalized spacial score (nSPS) is 15.7. The quantitative estimate of drug-likeness (QED) is 0.847. The van der Waals surface area contributed by atoms with Gasteiger partial charge in [0.2, 0.25) is 0 Å². The van der Waals surface area contributed by atoms with Gasteiger partial charge >= 0.3 is 0 Å². The van der Waals surface area contributed by atoms with E-state index in [2.05, 4.69) is 46.7 Å². The summed E-state index contributed by atoms with van der Waals surface area (Å²) in [6.45, 7) is 1.02. The van der Waals surface area contributed by atoms with E-state index in [-0.39, 0.29) is 0 Å². The zero-order valence-electron chi connectivity index (χ0n) is 12.5. The number of nitrogens with one attached hydrogen (secondary N) is 1. The summed E-state index contributed by atoms with van der Waals surface area (Å²) in [6.07, 6.45) is 7.32. The average molecular weight is 282 g/mol. The fourth-order valence-electron chi connectivity index (χ4n) is 2.60. The van der Waals surface area contributed by atoms with Crippen LogP contribution in [0.1, 0.15) is 29.9 Å². The third kappa shape index (κ3) is 4.05. The van der Waals surface area contributed by atoms with Crippen LogP contribution in [-0.4, -0.2) is 24.7 Å². The van der Waals surface area contributed by atoms with Crippen LogP contribution in [0.3, 0.4) is 0 Å². The van der Waals surface area contributed by atoms with E-state index in [1.54, 1.807) is 13.3 Å². The molecule has 1 fully saturated rings. The number of hydrogen-bond donors (Lipinski definition) is 1. The maximum Gasteiger partial charge on any atom is 0.137 e. The predicted octanol–water partition coefficient (Wildman–Crippen LogP) is 3.17. The van der Waals surface area contributed by atoms with Gasteiger partial charge in [-0.15, -0.1) is 0 Å². The number of benzene rings is 1. The Hall–Kier alpha value is -1.87. The number of methoxy groups -OCH3 is 1. The van der Waals surface area contributed by atoms with Crippen molar-refractivity contribution < 1.29 is 4.74 Å². The standard InChI is InChI=1S/C18H22N2O/c1-21-18-10-14(11-19-13-18)9-16(12-20-17-7-8-17)15-5-3-2-4-6-15/h2-6,10-11,13,16-17,20H,7-9,12H2,1H3. The molecule has 1 N–H and O–H groups in total. The SMILES string of the molecule is COc1cncc(CC(CNC2CC2)c2ccccc2)c1. The van der Waals surface area contributed by atoms with Crippen molar-refractivity contribution in [1.82, 2.24) is 10.3 Å². The molecule has 0 radical (unpaired) electrons. The van der Waals surface area contributed by atoms with E-state index in [0.29, 0.717) is 5.92 Å². The van der Waals surface area contributed by atoms with Gasteiger partial charge in [0.25, 0.3) is 0 Å². The van der Waals surface area contributed by atoms with Gasteiger partial charge in [-0.25, -0.2) is 0 Å². The number of hydrogen-bond acceptors (Lipinski definition) is 3. The molecule has 1 aromatic heterocycles. The second-order valence-electron chi connectivity index (χ2n) is 5.73. The summed E-state index contributed by atoms with van der Waals surface area (Å²) < 4.78 is 5.27. The molecule has 1 unspecified atom stereocenters. The van der Waals surface area contributed by atoms with Gasteiger partial charge in [0.05, 0.1) is 13.3 Å². The number of rotatable bonds is 7. The monoisotopic (exact) mass is 282 g/mol. The Morgan fingerprint density at radius 3 is 2.76 bits per heavy atom. The summed E-state index contributed by atoms with van der Waals surface area (Å²) in [6, 6.07) is 13.5. The first-order valence-corrected chi connectivity index (χ1v) is 7.61. The number of ether oxygens (including phenoxy) is 1. The minimum Gasteiger partial charge on any atom is -0.495 e. The second-order valence-corrected chi connectivity index (χ2v) is 5.73. The molecule has 21 heavy (non-hydrogen) atoms. The van der Waals surface area contributed by atoms with Crippen molar-refractivity contribution in [2.45, 2.75) is 31.2 Å². The van der Waals surface area contributed by atoms with Crippen molar-refractivity contribution in [2.75, 3.05) is 13.7 Å². The summed E-state index contributed by atoms with van der Waals surface area (Å²) in [5, 5.41) is 3.65. The first-order chi connectivity index (χ1) is 10.3. The number of aromatic nitrogens is 1. The lowest BCUT2D eigenvalue weighted by molar-refractivity contribution is 0.412. The molecule has 0 saturated heterocycles. The van der Waals surface area contributed by atoms with Gasteiger partial charge in [-0.1, -0.05) is 30.3 Å². The number of nitrogens with zero attached hydrogens (tertiary/aromatic N) is 1. The summed E-state index contributed by atoms with van der Waals surface area (Å²) in [4.78, 5) is 4.26. The molecular weight excluding hydrogens is 260 g/mol. The lowest BCUT2D eigenvalue weighted by atomic mass is 9.92. The first-order valence-electron chi connectivity index (χ1n) is 7.61. The molecule has 3 heteroatoms. The molecule has 1 saturated carbocycles. The van der Waals surface area contributed by atoms with Gasteiger partial charge in [-0.05, 0) is 36.5 Å². The van der Waals surface area contributed by atoms with E-state index in [4.69, 9.17) is 4.74 Å². The molecule has 3 rings (SSSR count). The molecule has 0 aliphatic heterocycles. The van der Waals surface area contributed by atoms with Crippen LogP contribution >= 0.6 is 0 Å². The van der Waals surface area contributed by atoms with Crippen molar-refractivity contribution >= 4 is 0 Å². The highest BCUT2D eigenvalue weighted by molar-refractivity contribution is 5.27. The lowest BCUT2D eigenvalue weighted by Crippen LogP contribution is -2.24. The fraction of sp³-hybridized carbons (Fsp3) is 0.389. The van der Waals surface area contributed by atoms with Gasteiger partial charge < -0.3 is 10.1 Å². The highest BCUT2D eigenvalue weighted by Crippen LogP contribution is 2.24. The Balaban J connectivity index is 1.73. The maximum absolute atomic E-state index is 5.27. The Labute approximate surface area is 126 Å². The van der Waals surface area contributed by atoms with E-state index >= 15 is 0 Å². The van der Waals surface area contributed by atoms with Crippen LogP contribution in [-0.2, 0) is 6.42 Å². The summed E-state index contributed by atoms with van der Waals surface area (Å²) in [7, 11) is 1.68. The smallest absolute Gasteiger partial charge is 0.137 e. The van der Waals surface area contributed by atoms with E-state index < -0.39 is 0 Å². The Kier molecular flexibility index (Phi) is 4.51. The second kappa shape index (κ2) is 6.72. The van der Waals surface area contributed by atoms with E-state index in [1.165, 1.54) is 24.0 Å². The van der Waals surface area contributed by atoms with Gasteiger partial charge in [0.1, 0.15) is 5.75 Å². The highest BCUT2D eigenvalue weighted by atomic mass is 16.5. The lowest BCUT2D eigenvalue weighted by Gasteiger charge is -2.18. The molecule has 110 valence electrons. The summed E-state index contributed by atoms with van der Waals surface area (Å²) in [5.74, 6) is 1.30. The Morgan fingerprint density at radius 1 is 1.24 bits per heavy atom. The third-order valence-corrected chi connectivity index (χ3v) is 3.99. The van der Waals surface area contributed by atoms with Crippen molar-refractivity contribution in [3.8, 4) is 5.75 Å². The largest absolute Gasteiger partial charge is 0.495 e. The first kappa shape index (κ1) is 14.1. The molecule has 1 atom stereocenters. The Bertz CT molecular complexity index is 566. The van der Waals surface area contributed by atoms with Crippen molar-refractivity contribution in [2.24, 2.45) is 0 Å². The molecule has 1 aliphatic rings. The minimum atomic E-state index is 0.473. The molecule has 1 aliphatic carbocycles. The van der Waals surface area contributed by atoms with Crippen molar-refractivity contribution in [1.29, 1.82) is 0 Å².